The van der Waals surface area contributed by atoms with Crippen LogP contribution < -0.4 is 5.32 Å². The highest BCUT2D eigenvalue weighted by atomic mass is 32.2. The van der Waals surface area contributed by atoms with Crippen LogP contribution in [-0.4, -0.2) is 77.0 Å². The van der Waals surface area contributed by atoms with E-state index in [0.717, 1.165) is 25.9 Å². The first-order valence-electron chi connectivity index (χ1n) is 12.0. The molecule has 1 N–H and O–H groups in total. The molecule has 6 nitrogen and oxygen atoms in total. The minimum Gasteiger partial charge on any atom is -0.350 e. The highest BCUT2D eigenvalue weighted by molar-refractivity contribution is 7.96. The van der Waals surface area contributed by atoms with Crippen LogP contribution in [0, 0.1) is 12.3 Å². The first-order chi connectivity index (χ1) is 16.5. The normalized spacial score (nSPS) is 20.6. The fraction of sp³-hybridized carbons (Fsp3) is 0.481. The van der Waals surface area contributed by atoms with Gasteiger partial charge in [0, 0.05) is 38.1 Å². The van der Waals surface area contributed by atoms with Crippen molar-refractivity contribution in [2.24, 2.45) is 0 Å². The zero-order valence-corrected chi connectivity index (χ0v) is 20.9. The van der Waals surface area contributed by atoms with E-state index in [4.69, 9.17) is 6.42 Å². The molecule has 2 saturated heterocycles. The van der Waals surface area contributed by atoms with E-state index in [9.17, 15) is 9.59 Å². The maximum atomic E-state index is 12.7. The Kier molecular flexibility index (Phi) is 8.15. The first-order valence-corrected chi connectivity index (χ1v) is 13.2. The van der Waals surface area contributed by atoms with Crippen molar-refractivity contribution in [3.63, 3.8) is 0 Å². The molecule has 180 valence electrons. The van der Waals surface area contributed by atoms with Crippen LogP contribution in [0.4, 0.5) is 0 Å². The number of hydrogen-bond acceptors (Lipinski definition) is 5. The molecule has 4 rings (SSSR count). The predicted octanol–water partition coefficient (Wildman–Crippen LogP) is 3.30. The Morgan fingerprint density at radius 3 is 2.71 bits per heavy atom. The molecule has 2 unspecified atom stereocenters. The van der Waals surface area contributed by atoms with E-state index in [1.165, 1.54) is 16.3 Å². The second kappa shape index (κ2) is 11.3. The zero-order valence-electron chi connectivity index (χ0n) is 20.1. The van der Waals surface area contributed by atoms with E-state index < -0.39 is 0 Å². The third-order valence-electron chi connectivity index (χ3n) is 7.12. The Labute approximate surface area is 207 Å². The molecule has 2 aliphatic rings. The molecule has 2 heterocycles. The third kappa shape index (κ3) is 5.57. The summed E-state index contributed by atoms with van der Waals surface area (Å²) < 4.78 is 2.20. The SMILES string of the molecule is C#CCN1CC(NC(=O)CN(SC)C2CCN(C(C)c3cccc4ccccc34)CC2)CC1=O. The highest BCUT2D eigenvalue weighted by Crippen LogP contribution is 2.31. The molecule has 2 aromatic rings. The molecular weight excluding hydrogens is 444 g/mol. The number of rotatable bonds is 8. The van der Waals surface area contributed by atoms with E-state index in [0.29, 0.717) is 38.1 Å². The van der Waals surface area contributed by atoms with Crippen LogP contribution in [0.25, 0.3) is 10.8 Å². The van der Waals surface area contributed by atoms with Crippen LogP contribution in [0.15, 0.2) is 42.5 Å². The monoisotopic (exact) mass is 478 g/mol. The van der Waals surface area contributed by atoms with Crippen LogP contribution >= 0.6 is 11.9 Å². The number of carbonyl (C=O) groups is 2. The summed E-state index contributed by atoms with van der Waals surface area (Å²) in [5.41, 5.74) is 1.38. The lowest BCUT2D eigenvalue weighted by Gasteiger charge is -2.40. The minimum atomic E-state index is -0.152. The number of benzene rings is 2. The smallest absolute Gasteiger partial charge is 0.235 e. The van der Waals surface area contributed by atoms with E-state index >= 15 is 0 Å². The molecule has 2 amide bonds. The van der Waals surface area contributed by atoms with Gasteiger partial charge in [-0.1, -0.05) is 60.3 Å². The van der Waals surface area contributed by atoms with E-state index in [2.05, 4.69) is 69.8 Å². The number of hydrogen-bond donors (Lipinski definition) is 1. The Bertz CT molecular complexity index is 1050. The number of nitrogens with one attached hydrogen (secondary N) is 1. The maximum Gasteiger partial charge on any atom is 0.235 e. The number of likely N-dealkylation sites (tertiary alicyclic amines) is 2. The largest absolute Gasteiger partial charge is 0.350 e. The number of terminal acetylenes is 1. The molecule has 2 fully saturated rings. The lowest BCUT2D eigenvalue weighted by molar-refractivity contribution is -0.127. The molecule has 2 atom stereocenters. The summed E-state index contributed by atoms with van der Waals surface area (Å²) in [6.45, 7) is 5.45. The summed E-state index contributed by atoms with van der Waals surface area (Å²) in [6, 6.07) is 15.7. The van der Waals surface area contributed by atoms with Gasteiger partial charge in [-0.3, -0.25) is 14.5 Å². The van der Waals surface area contributed by atoms with Crippen molar-refractivity contribution in [1.82, 2.24) is 19.4 Å². The van der Waals surface area contributed by atoms with Gasteiger partial charge in [0.1, 0.15) is 0 Å². The molecular formula is C27H34N4O2S. The third-order valence-corrected chi connectivity index (χ3v) is 8.02. The van der Waals surface area contributed by atoms with E-state index in [1.807, 2.05) is 6.26 Å². The van der Waals surface area contributed by atoms with Gasteiger partial charge in [0.15, 0.2) is 0 Å². The van der Waals surface area contributed by atoms with Gasteiger partial charge in [0.2, 0.25) is 11.8 Å². The Hall–Kier alpha value is -2.53. The topological polar surface area (TPSA) is 55.9 Å². The van der Waals surface area contributed by atoms with Gasteiger partial charge in [-0.2, -0.15) is 0 Å². The van der Waals surface area contributed by atoms with Crippen LogP contribution in [0.2, 0.25) is 0 Å². The average Bonchev–Trinajstić information content (AvgIpc) is 3.20. The molecule has 0 spiro atoms. The Morgan fingerprint density at radius 2 is 1.97 bits per heavy atom. The second-order valence-corrected chi connectivity index (χ2v) is 10.1. The second-order valence-electron chi connectivity index (χ2n) is 9.22. The van der Waals surface area contributed by atoms with E-state index in [1.54, 1.807) is 16.8 Å². The molecule has 0 radical (unpaired) electrons. The molecule has 0 saturated carbocycles. The van der Waals surface area contributed by atoms with Gasteiger partial charge < -0.3 is 10.2 Å². The van der Waals surface area contributed by atoms with Crippen molar-refractivity contribution in [1.29, 1.82) is 0 Å². The molecule has 0 bridgehead atoms. The maximum absolute atomic E-state index is 12.7. The van der Waals surface area contributed by atoms with Crippen molar-refractivity contribution in [2.45, 2.75) is 44.3 Å². The van der Waals surface area contributed by atoms with Gasteiger partial charge in [0.25, 0.3) is 0 Å². The van der Waals surface area contributed by atoms with Crippen molar-refractivity contribution < 1.29 is 9.59 Å². The number of fused-ring (bicyclic) bond motifs is 1. The Balaban J connectivity index is 1.30. The van der Waals surface area contributed by atoms with Crippen LogP contribution in [0.3, 0.4) is 0 Å². The molecule has 2 aliphatic heterocycles. The molecule has 0 aliphatic carbocycles. The lowest BCUT2D eigenvalue weighted by atomic mass is 9.96. The summed E-state index contributed by atoms with van der Waals surface area (Å²) in [7, 11) is 0. The fourth-order valence-corrected chi connectivity index (χ4v) is 6.02. The fourth-order valence-electron chi connectivity index (χ4n) is 5.26. The molecule has 2 aromatic carbocycles. The summed E-state index contributed by atoms with van der Waals surface area (Å²) in [5, 5.41) is 5.64. The summed E-state index contributed by atoms with van der Waals surface area (Å²) in [4.78, 5) is 28.9. The van der Waals surface area contributed by atoms with Crippen LogP contribution in [0.5, 0.6) is 0 Å². The Morgan fingerprint density at radius 1 is 1.24 bits per heavy atom. The average molecular weight is 479 g/mol. The van der Waals surface area contributed by atoms with Crippen LogP contribution in [-0.2, 0) is 9.59 Å². The van der Waals surface area contributed by atoms with Gasteiger partial charge in [-0.05, 0) is 42.4 Å². The van der Waals surface area contributed by atoms with Crippen molar-refractivity contribution in [3.8, 4) is 12.3 Å². The summed E-state index contributed by atoms with van der Waals surface area (Å²) in [5.74, 6) is 2.49. The van der Waals surface area contributed by atoms with Crippen LogP contribution in [0.1, 0.15) is 37.8 Å². The zero-order chi connectivity index (χ0) is 24.1. The molecule has 7 heteroatoms. The van der Waals surface area contributed by atoms with Crippen molar-refractivity contribution in [2.75, 3.05) is 39.0 Å². The number of carbonyl (C=O) groups excluding carboxylic acids is 2. The number of amides is 2. The predicted molar refractivity (Wildman–Crippen MR) is 139 cm³/mol. The summed E-state index contributed by atoms with van der Waals surface area (Å²) >= 11 is 1.63. The molecule has 0 aromatic heterocycles. The minimum absolute atomic E-state index is 0.0117. The van der Waals surface area contributed by atoms with Gasteiger partial charge in [-0.25, -0.2) is 4.31 Å². The summed E-state index contributed by atoms with van der Waals surface area (Å²) in [6.07, 6.45) is 9.75. The molecule has 34 heavy (non-hydrogen) atoms. The quantitative estimate of drug-likeness (QED) is 0.466. The number of nitrogens with zero attached hydrogens (tertiary/aromatic N) is 3. The number of piperidine rings is 1. The lowest BCUT2D eigenvalue weighted by Crippen LogP contribution is -2.47. The first kappa shape index (κ1) is 24.6. The highest BCUT2D eigenvalue weighted by Gasteiger charge is 2.32. The van der Waals surface area contributed by atoms with Crippen molar-refractivity contribution in [3.05, 3.63) is 48.0 Å². The van der Waals surface area contributed by atoms with Gasteiger partial charge in [-0.15, -0.1) is 6.42 Å². The standard InChI is InChI=1S/C27H34N4O2S/c1-4-14-30-18-22(17-27(30)33)28-26(32)19-31(34-3)23-12-15-29(16-13-23)20(2)24-11-7-9-21-8-5-6-10-25(21)24/h1,5-11,20,22-23H,12-19H2,2-3H3,(H,28,32). The van der Waals surface area contributed by atoms with E-state index in [-0.39, 0.29) is 17.9 Å². The van der Waals surface area contributed by atoms with Crippen molar-refractivity contribution >= 4 is 34.5 Å². The van der Waals surface area contributed by atoms with Gasteiger partial charge >= 0.3 is 0 Å². The van der Waals surface area contributed by atoms with Gasteiger partial charge in [0.05, 0.1) is 19.1 Å².